The van der Waals surface area contributed by atoms with Gasteiger partial charge in [0.2, 0.25) is 0 Å². The molecule has 1 aliphatic rings. The number of hydrogen-bond acceptors (Lipinski definition) is 2. The summed E-state index contributed by atoms with van der Waals surface area (Å²) in [5.74, 6) is 0.791. The van der Waals surface area contributed by atoms with Crippen molar-refractivity contribution >= 4 is 28.7 Å². The first-order chi connectivity index (χ1) is 12.5. The lowest BCUT2D eigenvalue weighted by Crippen LogP contribution is -2.34. The van der Waals surface area contributed by atoms with Crippen LogP contribution in [0, 0.1) is 19.8 Å². The predicted molar refractivity (Wildman–Crippen MR) is 116 cm³/mol. The number of nitrogens with one attached hydrogen (secondary N) is 2. The average Bonchev–Trinajstić information content (AvgIpc) is 2.59. The van der Waals surface area contributed by atoms with Crippen molar-refractivity contribution in [3.63, 3.8) is 0 Å². The Morgan fingerprint density at radius 1 is 1.12 bits per heavy atom. The van der Waals surface area contributed by atoms with Crippen LogP contribution >= 0.6 is 12.2 Å². The molecule has 1 fully saturated rings. The van der Waals surface area contributed by atoms with Crippen molar-refractivity contribution in [3.8, 4) is 0 Å². The van der Waals surface area contributed by atoms with Crippen LogP contribution in [0.3, 0.4) is 0 Å². The third-order valence-corrected chi connectivity index (χ3v) is 5.14. The second-order valence-electron chi connectivity index (χ2n) is 7.54. The van der Waals surface area contributed by atoms with Gasteiger partial charge in [0.15, 0.2) is 5.11 Å². The molecule has 4 heteroatoms. The topological polar surface area (TPSA) is 27.3 Å². The highest BCUT2D eigenvalue weighted by molar-refractivity contribution is 7.80. The Hall–Kier alpha value is -2.07. The van der Waals surface area contributed by atoms with Gasteiger partial charge in [0.05, 0.1) is 0 Å². The van der Waals surface area contributed by atoms with Crippen LogP contribution in [0.1, 0.15) is 36.5 Å². The first-order valence-electron chi connectivity index (χ1n) is 9.46. The van der Waals surface area contributed by atoms with Crippen LogP contribution in [0.5, 0.6) is 0 Å². The molecule has 2 N–H and O–H groups in total. The van der Waals surface area contributed by atoms with Gasteiger partial charge in [-0.15, -0.1) is 0 Å². The van der Waals surface area contributed by atoms with E-state index >= 15 is 0 Å². The molecule has 1 saturated heterocycles. The number of rotatable bonds is 4. The third kappa shape index (κ3) is 5.21. The van der Waals surface area contributed by atoms with Crippen LogP contribution < -0.4 is 15.5 Å². The lowest BCUT2D eigenvalue weighted by Gasteiger charge is -2.32. The Kier molecular flexibility index (Phi) is 6.15. The van der Waals surface area contributed by atoms with E-state index in [4.69, 9.17) is 12.2 Å². The fourth-order valence-electron chi connectivity index (χ4n) is 3.65. The van der Waals surface area contributed by atoms with E-state index < -0.39 is 0 Å². The zero-order valence-electron chi connectivity index (χ0n) is 16.0. The lowest BCUT2D eigenvalue weighted by atomic mass is 9.99. The maximum absolute atomic E-state index is 5.43. The Balaban J connectivity index is 1.52. The summed E-state index contributed by atoms with van der Waals surface area (Å²) < 4.78 is 0. The fourth-order valence-corrected chi connectivity index (χ4v) is 3.84. The number of piperidine rings is 1. The van der Waals surface area contributed by atoms with Crippen molar-refractivity contribution in [3.05, 3.63) is 59.2 Å². The molecule has 0 radical (unpaired) electrons. The van der Waals surface area contributed by atoms with E-state index in [1.54, 1.807) is 0 Å². The molecule has 0 saturated carbocycles. The zero-order chi connectivity index (χ0) is 18.5. The second-order valence-corrected chi connectivity index (χ2v) is 7.95. The normalized spacial score (nSPS) is 17.0. The highest BCUT2D eigenvalue weighted by atomic mass is 32.1. The molecule has 1 aliphatic heterocycles. The largest absolute Gasteiger partial charge is 0.371 e. The van der Waals surface area contributed by atoms with E-state index in [1.165, 1.54) is 48.3 Å². The molecular weight excluding hydrogens is 338 g/mol. The SMILES string of the molecule is Cc1cc(C)cc(NC(=S)NCc2ccc(N3CCC[C@H](C)C3)cc2)c1. The highest BCUT2D eigenvalue weighted by Crippen LogP contribution is 2.23. The van der Waals surface area contributed by atoms with Crippen LogP contribution in [-0.2, 0) is 6.54 Å². The van der Waals surface area contributed by atoms with Crippen molar-refractivity contribution in [1.29, 1.82) is 0 Å². The zero-order valence-corrected chi connectivity index (χ0v) is 16.8. The minimum absolute atomic E-state index is 0.656. The molecule has 1 heterocycles. The summed E-state index contributed by atoms with van der Waals surface area (Å²) in [6, 6.07) is 15.2. The standard InChI is InChI=1S/C22H29N3S/c1-16-5-4-10-25(15-16)21-8-6-19(7-9-21)14-23-22(26)24-20-12-17(2)11-18(3)13-20/h6-9,11-13,16H,4-5,10,14-15H2,1-3H3,(H2,23,24,26)/t16-/m0/s1. The molecule has 0 aliphatic carbocycles. The molecule has 3 nitrogen and oxygen atoms in total. The molecule has 3 rings (SSSR count). The van der Waals surface area contributed by atoms with Crippen LogP contribution in [0.4, 0.5) is 11.4 Å². The molecular formula is C22H29N3S. The van der Waals surface area contributed by atoms with Crippen molar-refractivity contribution in [2.24, 2.45) is 5.92 Å². The van der Waals surface area contributed by atoms with Gasteiger partial charge in [-0.3, -0.25) is 0 Å². The van der Waals surface area contributed by atoms with E-state index in [-0.39, 0.29) is 0 Å². The minimum Gasteiger partial charge on any atom is -0.371 e. The molecule has 0 aromatic heterocycles. The molecule has 0 bridgehead atoms. The summed E-state index contributed by atoms with van der Waals surface area (Å²) in [6.45, 7) is 9.60. The molecule has 0 spiro atoms. The van der Waals surface area contributed by atoms with Crippen molar-refractivity contribution in [1.82, 2.24) is 5.32 Å². The Morgan fingerprint density at radius 3 is 2.46 bits per heavy atom. The first-order valence-corrected chi connectivity index (χ1v) is 9.87. The number of nitrogens with zero attached hydrogens (tertiary/aromatic N) is 1. The Morgan fingerprint density at radius 2 is 1.81 bits per heavy atom. The molecule has 0 amide bonds. The van der Waals surface area contributed by atoms with Crippen molar-refractivity contribution in [2.75, 3.05) is 23.3 Å². The Bertz CT molecular complexity index is 734. The first kappa shape index (κ1) is 18.7. The van der Waals surface area contributed by atoms with E-state index in [0.717, 1.165) is 18.2 Å². The maximum atomic E-state index is 5.43. The maximum Gasteiger partial charge on any atom is 0.171 e. The molecule has 2 aromatic rings. The van der Waals surface area contributed by atoms with Crippen LogP contribution in [0.25, 0.3) is 0 Å². The van der Waals surface area contributed by atoms with Gasteiger partial charge in [-0.05, 0) is 85.8 Å². The molecule has 1 atom stereocenters. The van der Waals surface area contributed by atoms with Gasteiger partial charge < -0.3 is 15.5 Å². The average molecular weight is 368 g/mol. The van der Waals surface area contributed by atoms with Crippen LogP contribution in [-0.4, -0.2) is 18.2 Å². The lowest BCUT2D eigenvalue weighted by molar-refractivity contribution is 0.447. The van der Waals surface area contributed by atoms with Gasteiger partial charge in [0, 0.05) is 31.0 Å². The number of benzene rings is 2. The number of anilines is 2. The second kappa shape index (κ2) is 8.54. The molecule has 0 unspecified atom stereocenters. The smallest absolute Gasteiger partial charge is 0.171 e. The van der Waals surface area contributed by atoms with Crippen LogP contribution in [0.15, 0.2) is 42.5 Å². The summed E-state index contributed by atoms with van der Waals surface area (Å²) in [7, 11) is 0. The van der Waals surface area contributed by atoms with Gasteiger partial charge >= 0.3 is 0 Å². The number of aryl methyl sites for hydroxylation is 2. The van der Waals surface area contributed by atoms with E-state index in [0.29, 0.717) is 5.11 Å². The number of thiocarbonyl (C=S) groups is 1. The van der Waals surface area contributed by atoms with Gasteiger partial charge in [-0.25, -0.2) is 0 Å². The monoisotopic (exact) mass is 367 g/mol. The summed E-state index contributed by atoms with van der Waals surface area (Å²) in [5.41, 5.74) is 6.07. The fraction of sp³-hybridized carbons (Fsp3) is 0.409. The van der Waals surface area contributed by atoms with Gasteiger partial charge in [0.1, 0.15) is 0 Å². The Labute approximate surface area is 162 Å². The van der Waals surface area contributed by atoms with E-state index in [9.17, 15) is 0 Å². The van der Waals surface area contributed by atoms with E-state index in [1.807, 2.05) is 0 Å². The highest BCUT2D eigenvalue weighted by Gasteiger charge is 2.16. The summed E-state index contributed by atoms with van der Waals surface area (Å²) >= 11 is 5.43. The quantitative estimate of drug-likeness (QED) is 0.742. The van der Waals surface area contributed by atoms with Crippen LogP contribution in [0.2, 0.25) is 0 Å². The molecule has 2 aromatic carbocycles. The summed E-state index contributed by atoms with van der Waals surface area (Å²) in [4.78, 5) is 2.50. The van der Waals surface area contributed by atoms with Gasteiger partial charge in [0.25, 0.3) is 0 Å². The molecule has 138 valence electrons. The van der Waals surface area contributed by atoms with Crippen molar-refractivity contribution < 1.29 is 0 Å². The van der Waals surface area contributed by atoms with E-state index in [2.05, 4.69) is 78.8 Å². The third-order valence-electron chi connectivity index (χ3n) is 4.89. The predicted octanol–water partition coefficient (Wildman–Crippen LogP) is 5.03. The minimum atomic E-state index is 0.656. The van der Waals surface area contributed by atoms with Gasteiger partial charge in [-0.2, -0.15) is 0 Å². The number of hydrogen-bond donors (Lipinski definition) is 2. The van der Waals surface area contributed by atoms with Crippen molar-refractivity contribution in [2.45, 2.75) is 40.2 Å². The molecule has 26 heavy (non-hydrogen) atoms. The van der Waals surface area contributed by atoms with Gasteiger partial charge in [-0.1, -0.05) is 25.1 Å². The summed E-state index contributed by atoms with van der Waals surface area (Å²) in [5, 5.41) is 7.23. The summed E-state index contributed by atoms with van der Waals surface area (Å²) in [6.07, 6.45) is 2.65.